The van der Waals surface area contributed by atoms with Crippen molar-refractivity contribution < 1.29 is 79.9 Å². The summed E-state index contributed by atoms with van der Waals surface area (Å²) >= 11 is 0. The summed E-state index contributed by atoms with van der Waals surface area (Å²) in [6.07, 6.45) is -3.74. The van der Waals surface area contributed by atoms with Gasteiger partial charge in [-0.25, -0.2) is 0 Å². The Morgan fingerprint density at radius 2 is 0.920 bits per heavy atom. The molecule has 1 fully saturated rings. The second-order valence-electron chi connectivity index (χ2n) is 11.6. The van der Waals surface area contributed by atoms with Gasteiger partial charge in [0.15, 0.2) is 69.5 Å². The number of phenolic OH excluding ortho intramolecular Hbond substituents is 11. The fraction of sp³-hybridized carbons (Fsp3) is 0.294. The standard InChI is InChI=1S/C34H36O16/c35-20-2-1-16(3-21(20)36)12-48-30-10-28(47-13-18-6-24(39)32(44)25(40)7-18)34(49-14-19-8-26(41)33(45)27(42)9-19)29(50-30)15-46-11-17-4-22(37)31(43)23(38)5-17/h1-9,28-30,34-45H,10-15H2/t28-,29-,30?,34+/m1/s1. The van der Waals surface area contributed by atoms with Crippen molar-refractivity contribution in [2.24, 2.45) is 0 Å². The zero-order valence-electron chi connectivity index (χ0n) is 26.2. The largest absolute Gasteiger partial charge is 0.504 e. The van der Waals surface area contributed by atoms with Crippen LogP contribution < -0.4 is 0 Å². The van der Waals surface area contributed by atoms with Crippen molar-refractivity contribution in [3.05, 3.63) is 76.9 Å². The zero-order chi connectivity index (χ0) is 36.1. The fourth-order valence-corrected chi connectivity index (χ4v) is 5.28. The number of ether oxygens (including phenoxy) is 5. The Morgan fingerprint density at radius 1 is 0.480 bits per heavy atom. The van der Waals surface area contributed by atoms with E-state index in [9.17, 15) is 56.2 Å². The van der Waals surface area contributed by atoms with Crippen LogP contribution in [-0.4, -0.2) is 87.4 Å². The first-order valence-corrected chi connectivity index (χ1v) is 15.1. The lowest BCUT2D eigenvalue weighted by Gasteiger charge is -2.41. The molecule has 0 saturated carbocycles. The van der Waals surface area contributed by atoms with Crippen LogP contribution in [-0.2, 0) is 50.1 Å². The van der Waals surface area contributed by atoms with Crippen molar-refractivity contribution >= 4 is 0 Å². The number of hydrogen-bond acceptors (Lipinski definition) is 16. The van der Waals surface area contributed by atoms with Gasteiger partial charge in [0.05, 0.1) is 39.1 Å². The minimum absolute atomic E-state index is 0.0348. The Balaban J connectivity index is 1.40. The van der Waals surface area contributed by atoms with E-state index in [1.807, 2.05) is 0 Å². The van der Waals surface area contributed by atoms with Gasteiger partial charge in [-0.3, -0.25) is 0 Å². The SMILES string of the molecule is Oc1ccc(COC2C[C@@H](OCc3cc(O)c(O)c(O)c3)[C@H](OCc3cc(O)c(O)c(O)c3)[C@@H](COCc3cc(O)c(O)c(O)c3)O2)cc1O. The lowest BCUT2D eigenvalue weighted by molar-refractivity contribution is -0.281. The Hall–Kier alpha value is -5.52. The third kappa shape index (κ3) is 8.55. The van der Waals surface area contributed by atoms with Crippen LogP contribution >= 0.6 is 0 Å². The summed E-state index contributed by atoms with van der Waals surface area (Å²) in [4.78, 5) is 0. The summed E-state index contributed by atoms with van der Waals surface area (Å²) in [5.41, 5.74) is 1.36. The number of hydrogen-bond donors (Lipinski definition) is 11. The molecule has 0 aromatic heterocycles. The van der Waals surface area contributed by atoms with E-state index in [0.29, 0.717) is 11.1 Å². The highest BCUT2D eigenvalue weighted by atomic mass is 16.7. The Kier molecular flexibility index (Phi) is 11.0. The molecule has 1 heterocycles. The topological polar surface area (TPSA) is 269 Å². The molecular formula is C34H36O16. The van der Waals surface area contributed by atoms with Crippen LogP contribution in [0.4, 0.5) is 0 Å². The molecule has 16 heteroatoms. The molecular weight excluding hydrogens is 664 g/mol. The molecule has 16 nitrogen and oxygen atoms in total. The summed E-state index contributed by atoms with van der Waals surface area (Å²) < 4.78 is 30.4. The van der Waals surface area contributed by atoms with E-state index in [1.165, 1.54) is 54.6 Å². The van der Waals surface area contributed by atoms with Gasteiger partial charge < -0.3 is 79.9 Å². The third-order valence-electron chi connectivity index (χ3n) is 7.81. The Bertz CT molecular complexity index is 1740. The minimum atomic E-state index is -0.977. The molecule has 4 aromatic rings. The summed E-state index contributed by atoms with van der Waals surface area (Å²) in [5, 5.41) is 109. The number of phenols is 11. The monoisotopic (exact) mass is 700 g/mol. The van der Waals surface area contributed by atoms with E-state index < -0.39 is 76.3 Å². The van der Waals surface area contributed by atoms with Gasteiger partial charge in [-0.05, 0) is 70.8 Å². The normalized spacial score (nSPS) is 19.0. The predicted molar refractivity (Wildman–Crippen MR) is 169 cm³/mol. The van der Waals surface area contributed by atoms with Crippen molar-refractivity contribution in [1.29, 1.82) is 0 Å². The molecule has 4 atom stereocenters. The van der Waals surface area contributed by atoms with Gasteiger partial charge >= 0.3 is 0 Å². The first-order chi connectivity index (χ1) is 23.8. The molecule has 11 N–H and O–H groups in total. The van der Waals surface area contributed by atoms with Crippen LogP contribution in [0.3, 0.4) is 0 Å². The van der Waals surface area contributed by atoms with Crippen LogP contribution in [0.5, 0.6) is 63.2 Å². The highest BCUT2D eigenvalue weighted by Gasteiger charge is 2.41. The smallest absolute Gasteiger partial charge is 0.200 e. The summed E-state index contributed by atoms with van der Waals surface area (Å²) in [5.74, 6) is -6.23. The zero-order valence-corrected chi connectivity index (χ0v) is 26.2. The molecule has 1 aliphatic heterocycles. The Morgan fingerprint density at radius 3 is 1.42 bits per heavy atom. The van der Waals surface area contributed by atoms with Crippen LogP contribution in [0, 0.1) is 0 Å². The molecule has 50 heavy (non-hydrogen) atoms. The van der Waals surface area contributed by atoms with Gasteiger partial charge in [-0.1, -0.05) is 6.07 Å². The highest BCUT2D eigenvalue weighted by molar-refractivity contribution is 5.52. The Labute approximate surface area is 284 Å². The lowest BCUT2D eigenvalue weighted by Crippen LogP contribution is -2.53. The van der Waals surface area contributed by atoms with Gasteiger partial charge in [0, 0.05) is 6.42 Å². The molecule has 0 radical (unpaired) electrons. The van der Waals surface area contributed by atoms with Crippen molar-refractivity contribution in [3.8, 4) is 63.2 Å². The van der Waals surface area contributed by atoms with E-state index in [4.69, 9.17) is 23.7 Å². The summed E-state index contributed by atoms with van der Waals surface area (Å²) in [7, 11) is 0. The minimum Gasteiger partial charge on any atom is -0.504 e. The van der Waals surface area contributed by atoms with Crippen molar-refractivity contribution in [3.63, 3.8) is 0 Å². The summed E-state index contributed by atoms with van der Waals surface area (Å²) in [6, 6.07) is 11.3. The van der Waals surface area contributed by atoms with E-state index >= 15 is 0 Å². The van der Waals surface area contributed by atoms with Gasteiger partial charge in [0.25, 0.3) is 0 Å². The fourth-order valence-electron chi connectivity index (χ4n) is 5.28. The molecule has 1 unspecified atom stereocenters. The van der Waals surface area contributed by atoms with E-state index in [1.54, 1.807) is 0 Å². The van der Waals surface area contributed by atoms with E-state index in [2.05, 4.69) is 0 Å². The molecule has 1 saturated heterocycles. The van der Waals surface area contributed by atoms with Crippen molar-refractivity contribution in [2.45, 2.75) is 57.5 Å². The molecule has 5 rings (SSSR count). The number of rotatable bonds is 13. The molecule has 4 aromatic carbocycles. The van der Waals surface area contributed by atoms with Gasteiger partial charge in [-0.15, -0.1) is 0 Å². The maximum Gasteiger partial charge on any atom is 0.200 e. The molecule has 0 bridgehead atoms. The first-order valence-electron chi connectivity index (χ1n) is 15.1. The van der Waals surface area contributed by atoms with Gasteiger partial charge in [-0.2, -0.15) is 0 Å². The first kappa shape index (κ1) is 35.8. The molecule has 0 amide bonds. The average Bonchev–Trinajstić information content (AvgIpc) is 3.07. The van der Waals surface area contributed by atoms with Crippen molar-refractivity contribution in [2.75, 3.05) is 6.61 Å². The van der Waals surface area contributed by atoms with Gasteiger partial charge in [0.1, 0.15) is 12.2 Å². The predicted octanol–water partition coefficient (Wildman–Crippen LogP) is 3.47. The third-order valence-corrected chi connectivity index (χ3v) is 7.81. The quantitative estimate of drug-likeness (QED) is 0.0891. The average molecular weight is 701 g/mol. The van der Waals surface area contributed by atoms with Crippen LogP contribution in [0.1, 0.15) is 28.7 Å². The van der Waals surface area contributed by atoms with E-state index in [-0.39, 0.29) is 62.1 Å². The molecule has 1 aliphatic rings. The van der Waals surface area contributed by atoms with E-state index in [0.717, 1.165) is 0 Å². The molecule has 268 valence electrons. The maximum atomic E-state index is 10.0. The highest BCUT2D eigenvalue weighted by Crippen LogP contribution is 2.39. The lowest BCUT2D eigenvalue weighted by atomic mass is 10.0. The van der Waals surface area contributed by atoms with Crippen molar-refractivity contribution in [1.82, 2.24) is 0 Å². The van der Waals surface area contributed by atoms with Crippen LogP contribution in [0.25, 0.3) is 0 Å². The molecule has 0 aliphatic carbocycles. The molecule has 0 spiro atoms. The number of aromatic hydroxyl groups is 11. The second kappa shape index (κ2) is 15.4. The second-order valence-corrected chi connectivity index (χ2v) is 11.6. The van der Waals surface area contributed by atoms with Crippen LogP contribution in [0.2, 0.25) is 0 Å². The maximum absolute atomic E-state index is 10.0. The number of benzene rings is 4. The summed E-state index contributed by atoms with van der Waals surface area (Å²) in [6.45, 7) is -0.860. The van der Waals surface area contributed by atoms with Crippen LogP contribution in [0.15, 0.2) is 54.6 Å². The van der Waals surface area contributed by atoms with Gasteiger partial charge in [0.2, 0.25) is 0 Å².